The Balaban J connectivity index is 1.98. The number of halogens is 3. The predicted octanol–water partition coefficient (Wildman–Crippen LogP) is 3.32. The predicted molar refractivity (Wildman–Crippen MR) is 107 cm³/mol. The number of amides is 1. The molecule has 1 atom stereocenters. The molecule has 1 amide bonds. The molecule has 0 unspecified atom stereocenters. The number of carbonyl (C=O) groups excluding carboxylic acids is 1. The molecule has 0 fully saturated rings. The van der Waals surface area contributed by atoms with Crippen LogP contribution >= 0.6 is 0 Å². The van der Waals surface area contributed by atoms with Crippen molar-refractivity contribution in [3.8, 4) is 5.75 Å². The van der Waals surface area contributed by atoms with Gasteiger partial charge < -0.3 is 15.4 Å². The number of carbonyl (C=O) groups is 1. The molecule has 30 heavy (non-hydrogen) atoms. The van der Waals surface area contributed by atoms with E-state index in [-0.39, 0.29) is 10.6 Å². The number of ether oxygens (including phenoxy) is 1. The molecule has 2 N–H and O–H groups in total. The molecule has 2 rings (SSSR count). The zero-order valence-electron chi connectivity index (χ0n) is 16.5. The molecule has 0 aliphatic heterocycles. The highest BCUT2D eigenvalue weighted by Gasteiger charge is 2.28. The molecule has 0 saturated carbocycles. The second-order valence-corrected chi connectivity index (χ2v) is 8.75. The Labute approximate surface area is 172 Å². The Morgan fingerprint density at radius 3 is 2.30 bits per heavy atom. The Bertz CT molecular complexity index is 977. The largest absolute Gasteiger partial charge is 0.484 e. The maximum absolute atomic E-state index is 12.4. The Hall–Kier alpha value is -2.79. The van der Waals surface area contributed by atoms with E-state index in [2.05, 4.69) is 15.4 Å². The first-order valence-corrected chi connectivity index (χ1v) is 10.2. The zero-order chi connectivity index (χ0) is 22.5. The molecule has 0 radical (unpaired) electrons. The first-order valence-electron chi connectivity index (χ1n) is 8.78. The van der Waals surface area contributed by atoms with Crippen LogP contribution in [0.3, 0.4) is 0 Å². The van der Waals surface area contributed by atoms with Gasteiger partial charge in [-0.05, 0) is 49.4 Å². The molecule has 0 heterocycles. The fourth-order valence-corrected chi connectivity index (χ4v) is 3.27. The summed E-state index contributed by atoms with van der Waals surface area (Å²) in [4.78, 5) is 12.5. The van der Waals surface area contributed by atoms with Crippen molar-refractivity contribution >= 4 is 27.3 Å². The summed E-state index contributed by atoms with van der Waals surface area (Å²) in [6, 6.07) is 10.8. The summed E-state index contributed by atoms with van der Waals surface area (Å²) in [5, 5.41) is 5.54. The summed E-state index contributed by atoms with van der Waals surface area (Å²) in [5.74, 6) is -0.374. The van der Waals surface area contributed by atoms with E-state index in [9.17, 15) is 26.4 Å². The fraction of sp³-hybridized carbons (Fsp3) is 0.316. The van der Waals surface area contributed by atoms with Crippen molar-refractivity contribution in [1.29, 1.82) is 0 Å². The molecule has 0 aliphatic carbocycles. The average Bonchev–Trinajstić information content (AvgIpc) is 2.66. The smallest absolute Gasteiger partial charge is 0.422 e. The summed E-state index contributed by atoms with van der Waals surface area (Å²) >= 11 is 0. The van der Waals surface area contributed by atoms with Gasteiger partial charge in [-0.2, -0.15) is 13.2 Å². The molecule has 0 spiro atoms. The SMILES string of the molecule is C[C@@H](Nc1ccc(OCC(F)(F)F)cc1)C(=O)Nc1cccc(S(=O)(=O)N(C)C)c1. The first kappa shape index (κ1) is 23.5. The van der Waals surface area contributed by atoms with Crippen molar-refractivity contribution in [2.75, 3.05) is 31.3 Å². The van der Waals surface area contributed by atoms with Gasteiger partial charge >= 0.3 is 6.18 Å². The normalized spacial score (nSPS) is 13.0. The van der Waals surface area contributed by atoms with Crippen LogP contribution in [0.4, 0.5) is 24.5 Å². The number of sulfonamides is 1. The molecular weight excluding hydrogens is 423 g/mol. The summed E-state index contributed by atoms with van der Waals surface area (Å²) < 4.78 is 66.6. The Kier molecular flexibility index (Phi) is 7.32. The van der Waals surface area contributed by atoms with Crippen molar-refractivity contribution < 1.29 is 31.1 Å². The molecule has 2 aromatic rings. The third-order valence-electron chi connectivity index (χ3n) is 3.91. The van der Waals surface area contributed by atoms with Crippen LogP contribution in [0.1, 0.15) is 6.92 Å². The monoisotopic (exact) mass is 445 g/mol. The van der Waals surface area contributed by atoms with Gasteiger partial charge in [0.05, 0.1) is 4.90 Å². The van der Waals surface area contributed by atoms with E-state index >= 15 is 0 Å². The number of hydrogen-bond acceptors (Lipinski definition) is 5. The van der Waals surface area contributed by atoms with E-state index < -0.39 is 34.8 Å². The van der Waals surface area contributed by atoms with E-state index in [4.69, 9.17) is 0 Å². The molecule has 0 aliphatic rings. The van der Waals surface area contributed by atoms with Crippen LogP contribution in [0, 0.1) is 0 Å². The second kappa shape index (κ2) is 9.35. The van der Waals surface area contributed by atoms with E-state index in [1.165, 1.54) is 56.6 Å². The van der Waals surface area contributed by atoms with Crippen molar-refractivity contribution in [3.05, 3.63) is 48.5 Å². The zero-order valence-corrected chi connectivity index (χ0v) is 17.3. The van der Waals surface area contributed by atoms with Crippen LogP contribution in [-0.2, 0) is 14.8 Å². The number of nitrogens with one attached hydrogen (secondary N) is 2. The van der Waals surface area contributed by atoms with Gasteiger partial charge in [0.15, 0.2) is 6.61 Å². The third kappa shape index (κ3) is 6.63. The van der Waals surface area contributed by atoms with Gasteiger partial charge in [-0.25, -0.2) is 12.7 Å². The van der Waals surface area contributed by atoms with E-state index in [0.29, 0.717) is 11.4 Å². The Morgan fingerprint density at radius 2 is 1.73 bits per heavy atom. The minimum atomic E-state index is -4.42. The maximum Gasteiger partial charge on any atom is 0.422 e. The van der Waals surface area contributed by atoms with E-state index in [1.54, 1.807) is 13.0 Å². The molecule has 0 aromatic heterocycles. The summed E-state index contributed by atoms with van der Waals surface area (Å²) in [6.45, 7) is 0.199. The van der Waals surface area contributed by atoms with Crippen LogP contribution < -0.4 is 15.4 Å². The molecule has 0 saturated heterocycles. The van der Waals surface area contributed by atoms with E-state index in [0.717, 1.165) is 4.31 Å². The van der Waals surface area contributed by atoms with Crippen molar-refractivity contribution in [1.82, 2.24) is 4.31 Å². The van der Waals surface area contributed by atoms with Crippen LogP contribution in [0.15, 0.2) is 53.4 Å². The lowest BCUT2D eigenvalue weighted by Gasteiger charge is -2.17. The van der Waals surface area contributed by atoms with Gasteiger partial charge in [-0.3, -0.25) is 4.79 Å². The fourth-order valence-electron chi connectivity index (χ4n) is 2.32. The first-order chi connectivity index (χ1) is 13.9. The second-order valence-electron chi connectivity index (χ2n) is 6.60. The highest BCUT2D eigenvalue weighted by atomic mass is 32.2. The van der Waals surface area contributed by atoms with Crippen LogP contribution in [0.2, 0.25) is 0 Å². The summed E-state index contributed by atoms with van der Waals surface area (Å²) in [7, 11) is -0.821. The van der Waals surface area contributed by atoms with Gasteiger partial charge in [0.1, 0.15) is 11.8 Å². The molecule has 2 aromatic carbocycles. The highest BCUT2D eigenvalue weighted by molar-refractivity contribution is 7.89. The third-order valence-corrected chi connectivity index (χ3v) is 5.72. The Morgan fingerprint density at radius 1 is 1.10 bits per heavy atom. The molecular formula is C19H22F3N3O4S. The number of alkyl halides is 3. The number of nitrogens with zero attached hydrogens (tertiary/aromatic N) is 1. The molecule has 0 bridgehead atoms. The lowest BCUT2D eigenvalue weighted by molar-refractivity contribution is -0.153. The standard InChI is InChI=1S/C19H22F3N3O4S/c1-13(23-14-7-9-16(10-8-14)29-12-19(20,21)22)18(26)24-15-5-4-6-17(11-15)30(27,28)25(2)3/h4-11,13,23H,12H2,1-3H3,(H,24,26)/t13-/m1/s1. The van der Waals surface area contributed by atoms with Crippen molar-refractivity contribution in [3.63, 3.8) is 0 Å². The number of hydrogen-bond donors (Lipinski definition) is 2. The quantitative estimate of drug-likeness (QED) is 0.651. The van der Waals surface area contributed by atoms with Gasteiger partial charge in [-0.15, -0.1) is 0 Å². The molecule has 7 nitrogen and oxygen atoms in total. The minimum absolute atomic E-state index is 0.0420. The van der Waals surface area contributed by atoms with Crippen LogP contribution in [0.25, 0.3) is 0 Å². The highest BCUT2D eigenvalue weighted by Crippen LogP contribution is 2.21. The van der Waals surface area contributed by atoms with Crippen LogP contribution in [-0.4, -0.2) is 51.6 Å². The number of benzene rings is 2. The number of rotatable bonds is 8. The maximum atomic E-state index is 12.4. The van der Waals surface area contributed by atoms with Crippen LogP contribution in [0.5, 0.6) is 5.75 Å². The van der Waals surface area contributed by atoms with Crippen molar-refractivity contribution in [2.45, 2.75) is 24.0 Å². The lowest BCUT2D eigenvalue weighted by atomic mass is 10.2. The molecule has 164 valence electrons. The summed E-state index contributed by atoms with van der Waals surface area (Å²) in [5.41, 5.74) is 0.813. The average molecular weight is 445 g/mol. The van der Waals surface area contributed by atoms with Gasteiger partial charge in [0, 0.05) is 25.5 Å². The number of anilines is 2. The molecule has 11 heteroatoms. The van der Waals surface area contributed by atoms with Gasteiger partial charge in [0.2, 0.25) is 15.9 Å². The van der Waals surface area contributed by atoms with Crippen molar-refractivity contribution in [2.24, 2.45) is 0 Å². The minimum Gasteiger partial charge on any atom is -0.484 e. The lowest BCUT2D eigenvalue weighted by Crippen LogP contribution is -2.32. The van der Waals surface area contributed by atoms with E-state index in [1.807, 2.05) is 0 Å². The van der Waals surface area contributed by atoms with Gasteiger partial charge in [-0.1, -0.05) is 6.07 Å². The topological polar surface area (TPSA) is 87.7 Å². The van der Waals surface area contributed by atoms with Gasteiger partial charge in [0.25, 0.3) is 0 Å². The summed E-state index contributed by atoms with van der Waals surface area (Å²) in [6.07, 6.45) is -4.42.